The van der Waals surface area contributed by atoms with E-state index in [9.17, 15) is 13.6 Å². The Balaban J connectivity index is 2.22. The number of rotatable bonds is 5. The van der Waals surface area contributed by atoms with E-state index in [1.165, 1.54) is 18.4 Å². The molecule has 2 rings (SSSR count). The quantitative estimate of drug-likeness (QED) is 0.894. The molecule has 0 bridgehead atoms. The summed E-state index contributed by atoms with van der Waals surface area (Å²) in [5, 5.41) is 2.45. The minimum Gasteiger partial charge on any atom is -0.467 e. The second kappa shape index (κ2) is 6.78. The molecule has 1 aromatic carbocycles. The molecule has 0 radical (unpaired) electrons. The zero-order valence-electron chi connectivity index (χ0n) is 10.4. The monoisotopic (exact) mass is 335 g/mol. The fourth-order valence-corrected chi connectivity index (χ4v) is 2.15. The van der Waals surface area contributed by atoms with Gasteiger partial charge in [0.05, 0.1) is 23.4 Å². The predicted octanol–water partition coefficient (Wildman–Crippen LogP) is 4.12. The highest BCUT2D eigenvalue weighted by Gasteiger charge is 2.20. The highest BCUT2D eigenvalue weighted by atomic mass is 35.5. The van der Waals surface area contributed by atoms with Gasteiger partial charge in [0.15, 0.2) is 5.75 Å². The Morgan fingerprint density at radius 2 is 2.14 bits per heavy atom. The number of alkyl halides is 2. The van der Waals surface area contributed by atoms with Crippen LogP contribution in [0, 0.1) is 0 Å². The van der Waals surface area contributed by atoms with Gasteiger partial charge in [0.25, 0.3) is 5.91 Å². The number of halogens is 4. The van der Waals surface area contributed by atoms with Gasteiger partial charge in [-0.1, -0.05) is 23.2 Å². The molecule has 0 spiro atoms. The molecule has 1 aromatic heterocycles. The van der Waals surface area contributed by atoms with Crippen molar-refractivity contribution in [2.75, 3.05) is 0 Å². The molecule has 0 atom stereocenters. The lowest BCUT2D eigenvalue weighted by Gasteiger charge is -2.12. The molecule has 0 aliphatic heterocycles. The van der Waals surface area contributed by atoms with Gasteiger partial charge in [-0.15, -0.1) is 0 Å². The first kappa shape index (κ1) is 15.6. The fraction of sp³-hybridized carbons (Fsp3) is 0.154. The van der Waals surface area contributed by atoms with Crippen molar-refractivity contribution < 1.29 is 22.7 Å². The maximum Gasteiger partial charge on any atom is 0.387 e. The van der Waals surface area contributed by atoms with E-state index in [0.29, 0.717) is 5.76 Å². The zero-order chi connectivity index (χ0) is 15.4. The molecule has 0 saturated heterocycles. The number of hydrogen-bond donors (Lipinski definition) is 1. The molecule has 2 aromatic rings. The average molecular weight is 336 g/mol. The van der Waals surface area contributed by atoms with E-state index in [4.69, 9.17) is 27.6 Å². The standard InChI is InChI=1S/C13H9Cl2F2NO3/c14-7-4-9(11(10(15)5-7)21-13(16)17)12(19)18-6-8-2-1-3-20-8/h1-5,13H,6H2,(H,18,19). The van der Waals surface area contributed by atoms with E-state index in [2.05, 4.69) is 10.1 Å². The third kappa shape index (κ3) is 4.09. The van der Waals surface area contributed by atoms with E-state index >= 15 is 0 Å². The lowest BCUT2D eigenvalue weighted by atomic mass is 10.2. The van der Waals surface area contributed by atoms with Crippen molar-refractivity contribution in [3.8, 4) is 5.75 Å². The van der Waals surface area contributed by atoms with Gasteiger partial charge in [0, 0.05) is 5.02 Å². The van der Waals surface area contributed by atoms with Crippen LogP contribution in [-0.4, -0.2) is 12.5 Å². The van der Waals surface area contributed by atoms with E-state index in [1.54, 1.807) is 12.1 Å². The molecule has 0 fully saturated rings. The number of amides is 1. The molecule has 4 nitrogen and oxygen atoms in total. The van der Waals surface area contributed by atoms with Crippen molar-refractivity contribution in [2.45, 2.75) is 13.2 Å². The topological polar surface area (TPSA) is 51.5 Å². The van der Waals surface area contributed by atoms with Gasteiger partial charge in [-0.3, -0.25) is 4.79 Å². The summed E-state index contributed by atoms with van der Waals surface area (Å²) in [6.45, 7) is -3.02. The van der Waals surface area contributed by atoms with Crippen LogP contribution in [0.2, 0.25) is 10.0 Å². The summed E-state index contributed by atoms with van der Waals surface area (Å²) in [5.74, 6) is -0.577. The number of hydrogen-bond acceptors (Lipinski definition) is 3. The highest BCUT2D eigenvalue weighted by Crippen LogP contribution is 2.33. The van der Waals surface area contributed by atoms with Gasteiger partial charge in [-0.2, -0.15) is 8.78 Å². The van der Waals surface area contributed by atoms with Gasteiger partial charge in [-0.05, 0) is 24.3 Å². The van der Waals surface area contributed by atoms with Crippen LogP contribution < -0.4 is 10.1 Å². The van der Waals surface area contributed by atoms with Crippen LogP contribution in [0.3, 0.4) is 0 Å². The molecule has 8 heteroatoms. The summed E-state index contributed by atoms with van der Waals surface area (Å²) >= 11 is 11.6. The molecule has 0 aliphatic rings. The number of ether oxygens (including phenoxy) is 1. The Labute approximate surface area is 128 Å². The largest absolute Gasteiger partial charge is 0.467 e. The lowest BCUT2D eigenvalue weighted by molar-refractivity contribution is -0.0501. The van der Waals surface area contributed by atoms with Crippen LogP contribution in [0.4, 0.5) is 8.78 Å². The second-order valence-corrected chi connectivity index (χ2v) is 4.75. The van der Waals surface area contributed by atoms with E-state index in [-0.39, 0.29) is 22.2 Å². The number of furan rings is 1. The second-order valence-electron chi connectivity index (χ2n) is 3.90. The normalized spacial score (nSPS) is 10.7. The Hall–Kier alpha value is -1.79. The first-order valence-corrected chi connectivity index (χ1v) is 6.47. The van der Waals surface area contributed by atoms with Crippen LogP contribution in [0.15, 0.2) is 34.9 Å². The molecule has 1 amide bonds. The van der Waals surface area contributed by atoms with Crippen molar-refractivity contribution in [3.05, 3.63) is 51.9 Å². The van der Waals surface area contributed by atoms with E-state index < -0.39 is 18.3 Å². The van der Waals surface area contributed by atoms with Crippen molar-refractivity contribution in [1.82, 2.24) is 5.32 Å². The molecule has 0 unspecified atom stereocenters. The minimum absolute atomic E-state index is 0.0874. The smallest absolute Gasteiger partial charge is 0.387 e. The van der Waals surface area contributed by atoms with Crippen LogP contribution >= 0.6 is 23.2 Å². The molecular weight excluding hydrogens is 327 g/mol. The zero-order valence-corrected chi connectivity index (χ0v) is 11.9. The van der Waals surface area contributed by atoms with Crippen molar-refractivity contribution >= 4 is 29.1 Å². The van der Waals surface area contributed by atoms with Crippen LogP contribution in [0.1, 0.15) is 16.1 Å². The van der Waals surface area contributed by atoms with Gasteiger partial charge >= 0.3 is 6.61 Å². The maximum absolute atomic E-state index is 12.4. The highest BCUT2D eigenvalue weighted by molar-refractivity contribution is 6.36. The van der Waals surface area contributed by atoms with Gasteiger partial charge in [-0.25, -0.2) is 0 Å². The summed E-state index contributed by atoms with van der Waals surface area (Å²) in [5.41, 5.74) is -0.181. The first-order chi connectivity index (χ1) is 9.97. The van der Waals surface area contributed by atoms with Gasteiger partial charge in [0.1, 0.15) is 5.76 Å². The molecule has 1 heterocycles. The van der Waals surface area contributed by atoms with Gasteiger partial charge < -0.3 is 14.5 Å². The molecule has 112 valence electrons. The molecule has 0 aliphatic carbocycles. The fourth-order valence-electron chi connectivity index (χ4n) is 1.61. The van der Waals surface area contributed by atoms with Crippen molar-refractivity contribution in [2.24, 2.45) is 0 Å². The lowest BCUT2D eigenvalue weighted by Crippen LogP contribution is -2.23. The maximum atomic E-state index is 12.4. The third-order valence-electron chi connectivity index (χ3n) is 2.46. The van der Waals surface area contributed by atoms with E-state index in [0.717, 1.165) is 0 Å². The number of carbonyl (C=O) groups is 1. The van der Waals surface area contributed by atoms with E-state index in [1.807, 2.05) is 0 Å². The minimum atomic E-state index is -3.11. The third-order valence-corrected chi connectivity index (χ3v) is 2.96. The predicted molar refractivity (Wildman–Crippen MR) is 73.0 cm³/mol. The SMILES string of the molecule is O=C(NCc1ccco1)c1cc(Cl)cc(Cl)c1OC(F)F. The van der Waals surface area contributed by atoms with Gasteiger partial charge in [0.2, 0.25) is 0 Å². The van der Waals surface area contributed by atoms with Crippen molar-refractivity contribution in [3.63, 3.8) is 0 Å². The first-order valence-electron chi connectivity index (χ1n) is 5.72. The summed E-state index contributed by atoms with van der Waals surface area (Å²) in [6.07, 6.45) is 1.45. The summed E-state index contributed by atoms with van der Waals surface area (Å²) in [4.78, 5) is 12.1. The number of nitrogens with one attached hydrogen (secondary N) is 1. The van der Waals surface area contributed by atoms with Crippen LogP contribution in [0.25, 0.3) is 0 Å². The summed E-state index contributed by atoms with van der Waals surface area (Å²) < 4.78 is 34.1. The number of benzene rings is 1. The molecular formula is C13H9Cl2F2NO3. The Morgan fingerprint density at radius 3 is 2.76 bits per heavy atom. The molecule has 21 heavy (non-hydrogen) atoms. The molecule has 0 saturated carbocycles. The Kier molecular flexibility index (Phi) is 5.03. The Morgan fingerprint density at radius 1 is 1.38 bits per heavy atom. The average Bonchev–Trinajstić information content (AvgIpc) is 2.91. The summed E-state index contributed by atoms with van der Waals surface area (Å²) in [6, 6.07) is 5.72. The summed E-state index contributed by atoms with van der Waals surface area (Å²) in [7, 11) is 0. The number of carbonyl (C=O) groups excluding carboxylic acids is 1. The van der Waals surface area contributed by atoms with Crippen LogP contribution in [0.5, 0.6) is 5.75 Å². The molecule has 1 N–H and O–H groups in total. The Bertz CT molecular complexity index is 633. The van der Waals surface area contributed by atoms with Crippen LogP contribution in [-0.2, 0) is 6.54 Å². The van der Waals surface area contributed by atoms with Crippen molar-refractivity contribution in [1.29, 1.82) is 0 Å².